The number of hydrogen-bond donors (Lipinski definition) is 3. The summed E-state index contributed by atoms with van der Waals surface area (Å²) in [6.45, 7) is 0.320. The van der Waals surface area contributed by atoms with E-state index in [4.69, 9.17) is 4.74 Å². The van der Waals surface area contributed by atoms with Crippen molar-refractivity contribution in [2.75, 3.05) is 24.6 Å². The lowest BCUT2D eigenvalue weighted by atomic mass is 9.90. The Bertz CT molecular complexity index is 1380. The van der Waals surface area contributed by atoms with Crippen molar-refractivity contribution in [1.82, 2.24) is 10.3 Å². The van der Waals surface area contributed by atoms with Gasteiger partial charge in [0.05, 0.1) is 24.6 Å². The van der Waals surface area contributed by atoms with Gasteiger partial charge in [-0.3, -0.25) is 9.52 Å². The standard InChI is InChI=1S/C25H25N3O4S/c1-32-18-13-11-17(12-14-18)21(22-16-26-23-9-5-3-7-19(22)23)15-27-25(29)20-8-4-6-10-24(20)28-33(2,30)31/h3-14,16,21,26,28H,15H2,1-2H3,(H,27,29). The molecule has 3 aromatic carbocycles. The Morgan fingerprint density at radius 2 is 1.70 bits per heavy atom. The van der Waals surface area contributed by atoms with Crippen molar-refractivity contribution >= 4 is 32.5 Å². The number of para-hydroxylation sites is 2. The number of sulfonamides is 1. The van der Waals surface area contributed by atoms with E-state index in [-0.39, 0.29) is 23.1 Å². The second kappa shape index (κ2) is 9.38. The third kappa shape index (κ3) is 5.18. The lowest BCUT2D eigenvalue weighted by Crippen LogP contribution is -2.29. The van der Waals surface area contributed by atoms with Crippen molar-refractivity contribution in [3.8, 4) is 5.75 Å². The van der Waals surface area contributed by atoms with Gasteiger partial charge in [-0.2, -0.15) is 0 Å². The Morgan fingerprint density at radius 3 is 2.42 bits per heavy atom. The van der Waals surface area contributed by atoms with E-state index >= 15 is 0 Å². The first-order valence-electron chi connectivity index (χ1n) is 10.4. The van der Waals surface area contributed by atoms with Crippen LogP contribution in [0.2, 0.25) is 0 Å². The normalized spacial score (nSPS) is 12.3. The lowest BCUT2D eigenvalue weighted by Gasteiger charge is -2.19. The highest BCUT2D eigenvalue weighted by molar-refractivity contribution is 7.92. The number of rotatable bonds is 8. The smallest absolute Gasteiger partial charge is 0.253 e. The monoisotopic (exact) mass is 463 g/mol. The van der Waals surface area contributed by atoms with E-state index in [1.54, 1.807) is 31.4 Å². The fourth-order valence-electron chi connectivity index (χ4n) is 3.89. The second-order valence-corrected chi connectivity index (χ2v) is 9.49. The molecule has 0 saturated heterocycles. The molecule has 1 heterocycles. The number of ether oxygens (including phenoxy) is 1. The van der Waals surface area contributed by atoms with Gasteiger partial charge in [-0.05, 0) is 41.5 Å². The zero-order valence-electron chi connectivity index (χ0n) is 18.3. The molecule has 33 heavy (non-hydrogen) atoms. The first-order chi connectivity index (χ1) is 15.9. The summed E-state index contributed by atoms with van der Waals surface area (Å²) in [5, 5.41) is 4.06. The van der Waals surface area contributed by atoms with Crippen LogP contribution < -0.4 is 14.8 Å². The number of hydrogen-bond acceptors (Lipinski definition) is 4. The topological polar surface area (TPSA) is 100 Å². The molecule has 0 aliphatic carbocycles. The van der Waals surface area contributed by atoms with E-state index in [9.17, 15) is 13.2 Å². The summed E-state index contributed by atoms with van der Waals surface area (Å²) >= 11 is 0. The van der Waals surface area contributed by atoms with Crippen LogP contribution in [0.5, 0.6) is 5.75 Å². The van der Waals surface area contributed by atoms with Gasteiger partial charge in [0.25, 0.3) is 5.91 Å². The van der Waals surface area contributed by atoms with Crippen molar-refractivity contribution < 1.29 is 17.9 Å². The van der Waals surface area contributed by atoms with Crippen LogP contribution in [0.4, 0.5) is 5.69 Å². The minimum absolute atomic E-state index is 0.133. The largest absolute Gasteiger partial charge is 0.497 e. The number of carbonyl (C=O) groups excluding carboxylic acids is 1. The maximum absolute atomic E-state index is 13.0. The molecule has 0 aliphatic heterocycles. The van der Waals surface area contributed by atoms with Gasteiger partial charge in [0.1, 0.15) is 5.75 Å². The first-order valence-corrected chi connectivity index (χ1v) is 12.3. The number of anilines is 1. The lowest BCUT2D eigenvalue weighted by molar-refractivity contribution is 0.0953. The average Bonchev–Trinajstić information content (AvgIpc) is 3.23. The maximum atomic E-state index is 13.0. The van der Waals surface area contributed by atoms with Gasteiger partial charge in [-0.25, -0.2) is 8.42 Å². The minimum atomic E-state index is -3.52. The number of aromatic amines is 1. The summed E-state index contributed by atoms with van der Waals surface area (Å²) in [5.74, 6) is 0.257. The van der Waals surface area contributed by atoms with Crippen LogP contribution in [0.1, 0.15) is 27.4 Å². The van der Waals surface area contributed by atoms with Gasteiger partial charge in [0.15, 0.2) is 0 Å². The first kappa shape index (κ1) is 22.4. The SMILES string of the molecule is COc1ccc(C(CNC(=O)c2ccccc2NS(C)(=O)=O)c2c[nH]c3ccccc23)cc1. The number of nitrogens with one attached hydrogen (secondary N) is 3. The molecule has 1 unspecified atom stereocenters. The van der Waals surface area contributed by atoms with Gasteiger partial charge in [0.2, 0.25) is 10.0 Å². The number of H-pyrrole nitrogens is 1. The Labute approximate surface area is 192 Å². The van der Waals surface area contributed by atoms with Gasteiger partial charge in [0, 0.05) is 29.6 Å². The van der Waals surface area contributed by atoms with Crippen LogP contribution in [0.3, 0.4) is 0 Å². The molecule has 0 spiro atoms. The number of carbonyl (C=O) groups is 1. The van der Waals surface area contributed by atoms with Crippen molar-refractivity contribution in [2.24, 2.45) is 0 Å². The van der Waals surface area contributed by atoms with Crippen LogP contribution in [0.15, 0.2) is 79.0 Å². The second-order valence-electron chi connectivity index (χ2n) is 7.75. The third-order valence-corrected chi connectivity index (χ3v) is 6.04. The molecule has 0 aliphatic rings. The fraction of sp³-hybridized carbons (Fsp3) is 0.160. The third-order valence-electron chi connectivity index (χ3n) is 5.45. The number of aromatic nitrogens is 1. The quantitative estimate of drug-likeness (QED) is 0.366. The maximum Gasteiger partial charge on any atom is 0.253 e. The summed E-state index contributed by atoms with van der Waals surface area (Å²) in [7, 11) is -1.90. The highest BCUT2D eigenvalue weighted by Gasteiger charge is 2.21. The van der Waals surface area contributed by atoms with E-state index < -0.39 is 10.0 Å². The van der Waals surface area contributed by atoms with E-state index in [2.05, 4.69) is 15.0 Å². The van der Waals surface area contributed by atoms with Crippen LogP contribution in [0.25, 0.3) is 10.9 Å². The molecule has 0 fully saturated rings. The fourth-order valence-corrected chi connectivity index (χ4v) is 4.46. The molecule has 4 rings (SSSR count). The number of methoxy groups -OCH3 is 1. The van der Waals surface area contributed by atoms with Gasteiger partial charge >= 0.3 is 0 Å². The van der Waals surface area contributed by atoms with Gasteiger partial charge in [-0.15, -0.1) is 0 Å². The highest BCUT2D eigenvalue weighted by Crippen LogP contribution is 2.31. The number of amides is 1. The molecule has 0 radical (unpaired) electrons. The molecule has 8 heteroatoms. The molecule has 0 saturated carbocycles. The van der Waals surface area contributed by atoms with Gasteiger partial charge < -0.3 is 15.0 Å². The molecular weight excluding hydrogens is 438 g/mol. The minimum Gasteiger partial charge on any atom is -0.497 e. The molecule has 1 amide bonds. The molecular formula is C25H25N3O4S. The van der Waals surface area contributed by atoms with E-state index in [0.29, 0.717) is 6.54 Å². The summed E-state index contributed by atoms with van der Waals surface area (Å²) < 4.78 is 31.1. The summed E-state index contributed by atoms with van der Waals surface area (Å²) in [6.07, 6.45) is 3.02. The predicted octanol–water partition coefficient (Wildman–Crippen LogP) is 4.11. The van der Waals surface area contributed by atoms with Crippen molar-refractivity contribution in [3.05, 3.63) is 95.7 Å². The van der Waals surface area contributed by atoms with Crippen LogP contribution in [-0.2, 0) is 10.0 Å². The van der Waals surface area contributed by atoms with E-state index in [1.165, 1.54) is 0 Å². The molecule has 3 N–H and O–H groups in total. The summed E-state index contributed by atoms with van der Waals surface area (Å²) in [4.78, 5) is 16.3. The van der Waals surface area contributed by atoms with E-state index in [1.807, 2.05) is 54.7 Å². The Kier molecular flexibility index (Phi) is 6.37. The number of benzene rings is 3. The average molecular weight is 464 g/mol. The zero-order chi connectivity index (χ0) is 23.4. The van der Waals surface area contributed by atoms with Crippen molar-refractivity contribution in [1.29, 1.82) is 0 Å². The van der Waals surface area contributed by atoms with Crippen LogP contribution in [-0.4, -0.2) is 39.2 Å². The van der Waals surface area contributed by atoms with E-state index in [0.717, 1.165) is 34.0 Å². The molecule has 7 nitrogen and oxygen atoms in total. The Morgan fingerprint density at radius 1 is 1.00 bits per heavy atom. The van der Waals surface area contributed by atoms with Gasteiger partial charge in [-0.1, -0.05) is 42.5 Å². The Hall–Kier alpha value is -3.78. The molecule has 0 bridgehead atoms. The molecule has 4 aromatic rings. The zero-order valence-corrected chi connectivity index (χ0v) is 19.1. The Balaban J connectivity index is 1.65. The summed E-state index contributed by atoms with van der Waals surface area (Å²) in [6, 6.07) is 22.3. The summed E-state index contributed by atoms with van der Waals surface area (Å²) in [5.41, 5.74) is 3.59. The molecule has 170 valence electrons. The molecule has 1 aromatic heterocycles. The molecule has 1 atom stereocenters. The van der Waals surface area contributed by atoms with Crippen molar-refractivity contribution in [2.45, 2.75) is 5.92 Å². The van der Waals surface area contributed by atoms with Crippen LogP contribution in [0, 0.1) is 0 Å². The highest BCUT2D eigenvalue weighted by atomic mass is 32.2. The van der Waals surface area contributed by atoms with Crippen LogP contribution >= 0.6 is 0 Å². The number of fused-ring (bicyclic) bond motifs is 1. The van der Waals surface area contributed by atoms with Crippen molar-refractivity contribution in [3.63, 3.8) is 0 Å². The predicted molar refractivity (Wildman–Crippen MR) is 130 cm³/mol.